The van der Waals surface area contributed by atoms with Gasteiger partial charge in [-0.15, -0.1) is 0 Å². The number of carbonyl (C=O) groups excluding carboxylic acids is 1. The Bertz CT molecular complexity index is 950. The van der Waals surface area contributed by atoms with Crippen molar-refractivity contribution in [3.05, 3.63) is 65.7 Å². The summed E-state index contributed by atoms with van der Waals surface area (Å²) < 4.78 is 16.3. The van der Waals surface area contributed by atoms with Crippen LogP contribution in [0.15, 0.2) is 48.5 Å². The highest BCUT2D eigenvalue weighted by atomic mass is 19.1. The van der Waals surface area contributed by atoms with Gasteiger partial charge in [0.15, 0.2) is 0 Å². The SMILES string of the molecule is CCCC(C(=O)N(C)CCC)n1c(Cc2ccccc2F)nc2ccccc21. The molecule has 1 aromatic heterocycles. The molecule has 28 heavy (non-hydrogen) atoms. The Morgan fingerprint density at radius 2 is 1.82 bits per heavy atom. The predicted octanol–water partition coefficient (Wildman–Crippen LogP) is 4.98. The van der Waals surface area contributed by atoms with Gasteiger partial charge in [-0.05, 0) is 36.6 Å². The summed E-state index contributed by atoms with van der Waals surface area (Å²) in [6.45, 7) is 4.86. The van der Waals surface area contributed by atoms with Crippen molar-refractivity contribution in [2.75, 3.05) is 13.6 Å². The Morgan fingerprint density at radius 3 is 2.54 bits per heavy atom. The van der Waals surface area contributed by atoms with Crippen LogP contribution in [0.1, 0.15) is 50.5 Å². The highest BCUT2D eigenvalue weighted by molar-refractivity contribution is 5.84. The summed E-state index contributed by atoms with van der Waals surface area (Å²) in [6.07, 6.45) is 2.86. The third-order valence-corrected chi connectivity index (χ3v) is 5.07. The fourth-order valence-corrected chi connectivity index (χ4v) is 3.72. The summed E-state index contributed by atoms with van der Waals surface area (Å²) >= 11 is 0. The Labute approximate surface area is 166 Å². The molecule has 4 nitrogen and oxygen atoms in total. The Kier molecular flexibility index (Phi) is 6.45. The first-order valence-corrected chi connectivity index (χ1v) is 10.0. The number of imidazole rings is 1. The maximum atomic E-state index is 14.3. The van der Waals surface area contributed by atoms with Crippen LogP contribution in [0.4, 0.5) is 4.39 Å². The maximum Gasteiger partial charge on any atom is 0.245 e. The first kappa shape index (κ1) is 20.1. The first-order valence-electron chi connectivity index (χ1n) is 10.0. The van der Waals surface area contributed by atoms with E-state index in [1.165, 1.54) is 6.07 Å². The van der Waals surface area contributed by atoms with Crippen LogP contribution in [0.25, 0.3) is 11.0 Å². The minimum absolute atomic E-state index is 0.0848. The second-order valence-corrected chi connectivity index (χ2v) is 7.22. The molecule has 0 saturated heterocycles. The summed E-state index contributed by atoms with van der Waals surface area (Å²) in [4.78, 5) is 19.8. The third kappa shape index (κ3) is 4.08. The lowest BCUT2D eigenvalue weighted by Gasteiger charge is -2.26. The van der Waals surface area contributed by atoms with Crippen molar-refractivity contribution in [2.24, 2.45) is 0 Å². The van der Waals surface area contributed by atoms with Crippen molar-refractivity contribution < 1.29 is 9.18 Å². The number of nitrogens with zero attached hydrogens (tertiary/aromatic N) is 3. The summed E-state index contributed by atoms with van der Waals surface area (Å²) in [7, 11) is 1.85. The van der Waals surface area contributed by atoms with Gasteiger partial charge in [0.2, 0.25) is 5.91 Å². The second-order valence-electron chi connectivity index (χ2n) is 7.22. The van der Waals surface area contributed by atoms with E-state index in [1.54, 1.807) is 17.0 Å². The Balaban J connectivity index is 2.10. The number of fused-ring (bicyclic) bond motifs is 1. The van der Waals surface area contributed by atoms with Crippen molar-refractivity contribution in [3.8, 4) is 0 Å². The van der Waals surface area contributed by atoms with E-state index in [2.05, 4.69) is 13.8 Å². The first-order chi connectivity index (χ1) is 13.6. The van der Waals surface area contributed by atoms with Gasteiger partial charge in [-0.25, -0.2) is 9.37 Å². The van der Waals surface area contributed by atoms with Crippen LogP contribution < -0.4 is 0 Å². The monoisotopic (exact) mass is 381 g/mol. The molecule has 0 bridgehead atoms. The Hall–Kier alpha value is -2.69. The second kappa shape index (κ2) is 9.00. The molecule has 0 aliphatic carbocycles. The molecule has 3 rings (SSSR count). The van der Waals surface area contributed by atoms with E-state index in [0.29, 0.717) is 18.5 Å². The van der Waals surface area contributed by atoms with E-state index in [9.17, 15) is 9.18 Å². The standard InChI is InChI=1S/C23H28FN3O/c1-4-10-21(23(28)26(3)15-5-2)27-20-14-9-8-13-19(20)25-22(27)16-17-11-6-7-12-18(17)24/h6-9,11-14,21H,4-5,10,15-16H2,1-3H3. The number of aromatic nitrogens is 2. The van der Waals surface area contributed by atoms with Gasteiger partial charge in [0, 0.05) is 20.0 Å². The van der Waals surface area contributed by atoms with E-state index in [1.807, 2.05) is 41.9 Å². The van der Waals surface area contributed by atoms with E-state index in [-0.39, 0.29) is 17.8 Å². The van der Waals surface area contributed by atoms with Gasteiger partial charge in [-0.3, -0.25) is 4.79 Å². The number of amides is 1. The molecule has 3 aromatic rings. The highest BCUT2D eigenvalue weighted by Crippen LogP contribution is 2.27. The van der Waals surface area contributed by atoms with Crippen LogP contribution in [0, 0.1) is 5.82 Å². The minimum Gasteiger partial charge on any atom is -0.344 e. The van der Waals surface area contributed by atoms with E-state index >= 15 is 0 Å². The number of hydrogen-bond donors (Lipinski definition) is 0. The molecule has 1 heterocycles. The average molecular weight is 381 g/mol. The molecule has 0 fully saturated rings. The lowest BCUT2D eigenvalue weighted by molar-refractivity contribution is -0.133. The molecule has 148 valence electrons. The average Bonchev–Trinajstić information content (AvgIpc) is 3.05. The van der Waals surface area contributed by atoms with E-state index < -0.39 is 0 Å². The number of hydrogen-bond acceptors (Lipinski definition) is 2. The predicted molar refractivity (Wildman–Crippen MR) is 111 cm³/mol. The smallest absolute Gasteiger partial charge is 0.245 e. The number of benzene rings is 2. The molecule has 1 amide bonds. The lowest BCUT2D eigenvalue weighted by atomic mass is 10.1. The highest BCUT2D eigenvalue weighted by Gasteiger charge is 2.27. The number of para-hydroxylation sites is 2. The van der Waals surface area contributed by atoms with Gasteiger partial charge < -0.3 is 9.47 Å². The molecule has 0 N–H and O–H groups in total. The van der Waals surface area contributed by atoms with E-state index in [4.69, 9.17) is 4.98 Å². The molecule has 0 aliphatic heterocycles. The van der Waals surface area contributed by atoms with Crippen molar-refractivity contribution >= 4 is 16.9 Å². The molecule has 0 saturated carbocycles. The van der Waals surface area contributed by atoms with Crippen molar-refractivity contribution in [1.29, 1.82) is 0 Å². The molecule has 0 aliphatic rings. The van der Waals surface area contributed by atoms with Gasteiger partial charge >= 0.3 is 0 Å². The lowest BCUT2D eigenvalue weighted by Crippen LogP contribution is -2.35. The summed E-state index contributed by atoms with van der Waals surface area (Å²) in [5.74, 6) is 0.562. The molecular formula is C23H28FN3O. The molecule has 1 unspecified atom stereocenters. The van der Waals surface area contributed by atoms with Gasteiger partial charge in [-0.2, -0.15) is 0 Å². The quantitative estimate of drug-likeness (QED) is 0.552. The third-order valence-electron chi connectivity index (χ3n) is 5.07. The van der Waals surface area contributed by atoms with Crippen LogP contribution in [0.5, 0.6) is 0 Å². The fourth-order valence-electron chi connectivity index (χ4n) is 3.72. The molecule has 0 radical (unpaired) electrons. The number of halogens is 1. The fraction of sp³-hybridized carbons (Fsp3) is 0.391. The minimum atomic E-state index is -0.337. The van der Waals surface area contributed by atoms with Crippen molar-refractivity contribution in [3.63, 3.8) is 0 Å². The molecule has 0 spiro atoms. The van der Waals surface area contributed by atoms with Crippen LogP contribution in [-0.2, 0) is 11.2 Å². The topological polar surface area (TPSA) is 38.1 Å². The zero-order chi connectivity index (χ0) is 20.1. The van der Waals surface area contributed by atoms with E-state index in [0.717, 1.165) is 36.1 Å². The zero-order valence-corrected chi connectivity index (χ0v) is 16.9. The van der Waals surface area contributed by atoms with Crippen LogP contribution >= 0.6 is 0 Å². The molecular weight excluding hydrogens is 353 g/mol. The van der Waals surface area contributed by atoms with Gasteiger partial charge in [0.05, 0.1) is 11.0 Å². The summed E-state index contributed by atoms with van der Waals surface area (Å²) in [5, 5.41) is 0. The largest absolute Gasteiger partial charge is 0.344 e. The van der Waals surface area contributed by atoms with Crippen molar-refractivity contribution in [2.45, 2.75) is 45.6 Å². The maximum absolute atomic E-state index is 14.3. The summed E-state index contributed by atoms with van der Waals surface area (Å²) in [6, 6.07) is 14.2. The van der Waals surface area contributed by atoms with Crippen molar-refractivity contribution in [1.82, 2.24) is 14.5 Å². The zero-order valence-electron chi connectivity index (χ0n) is 16.9. The number of carbonyl (C=O) groups is 1. The Morgan fingerprint density at radius 1 is 1.11 bits per heavy atom. The summed E-state index contributed by atoms with van der Waals surface area (Å²) in [5.41, 5.74) is 2.34. The van der Waals surface area contributed by atoms with Gasteiger partial charge in [0.1, 0.15) is 17.7 Å². The van der Waals surface area contributed by atoms with Gasteiger partial charge in [0.25, 0.3) is 0 Å². The van der Waals surface area contributed by atoms with Gasteiger partial charge in [-0.1, -0.05) is 50.6 Å². The molecule has 5 heteroatoms. The van der Waals surface area contributed by atoms with Crippen LogP contribution in [0.2, 0.25) is 0 Å². The number of likely N-dealkylation sites (N-methyl/N-ethyl adjacent to an activating group) is 1. The normalized spacial score (nSPS) is 12.3. The molecule has 2 aromatic carbocycles. The van der Waals surface area contributed by atoms with Crippen LogP contribution in [0.3, 0.4) is 0 Å². The van der Waals surface area contributed by atoms with Crippen LogP contribution in [-0.4, -0.2) is 34.0 Å². The number of rotatable bonds is 8. The molecule has 1 atom stereocenters.